The number of carboxylic acid groups (broad SMARTS) is 1. The highest BCUT2D eigenvalue weighted by atomic mass is 16.4. The highest BCUT2D eigenvalue weighted by Crippen LogP contribution is 2.27. The van der Waals surface area contributed by atoms with Crippen molar-refractivity contribution in [3.63, 3.8) is 0 Å². The Labute approximate surface area is 193 Å². The summed E-state index contributed by atoms with van der Waals surface area (Å²) in [6, 6.07) is 14.9. The zero-order valence-corrected chi connectivity index (χ0v) is 19.6. The standard InChI is InChI=1S/C25H29N5O3/c1-16-6-10-18(11-7-16)25(33)26-19-12-8-17(9-13-19)14-21-27-23(29(2)3)20(15-22(31)32)24(28-21)30(4)5/h6-13H,14-15H2,1-5H3,(H,26,33)(H,31,32)/i2+1,4+1. The Morgan fingerprint density at radius 1 is 0.879 bits per heavy atom. The molecule has 0 fully saturated rings. The molecule has 8 nitrogen and oxygen atoms in total. The molecule has 33 heavy (non-hydrogen) atoms. The minimum Gasteiger partial charge on any atom is -0.481 e. The largest absolute Gasteiger partial charge is 0.481 e. The maximum absolute atomic E-state index is 12.4. The van der Waals surface area contributed by atoms with Gasteiger partial charge in [0.05, 0.1) is 6.42 Å². The van der Waals surface area contributed by atoms with Crippen LogP contribution >= 0.6 is 0 Å². The summed E-state index contributed by atoms with van der Waals surface area (Å²) >= 11 is 0. The van der Waals surface area contributed by atoms with Crippen molar-refractivity contribution in [2.75, 3.05) is 43.3 Å². The van der Waals surface area contributed by atoms with E-state index in [9.17, 15) is 14.7 Å². The predicted molar refractivity (Wildman–Crippen MR) is 130 cm³/mol. The van der Waals surface area contributed by atoms with E-state index in [2.05, 4.69) is 15.3 Å². The van der Waals surface area contributed by atoms with Crippen LogP contribution in [0.3, 0.4) is 0 Å². The number of amides is 1. The smallest absolute Gasteiger partial charge is 0.308 e. The van der Waals surface area contributed by atoms with E-state index in [1.807, 2.05) is 71.5 Å². The SMILES string of the molecule is Cc1ccc(C(=O)Nc2ccc(Cc3nc(N(C)[13CH3])c(CC(=O)O)c(N(C)[13CH3])n3)cc2)cc1. The number of carboxylic acids is 1. The van der Waals surface area contributed by atoms with E-state index in [-0.39, 0.29) is 12.3 Å². The zero-order chi connectivity index (χ0) is 24.1. The van der Waals surface area contributed by atoms with E-state index in [1.165, 1.54) is 0 Å². The van der Waals surface area contributed by atoms with Gasteiger partial charge < -0.3 is 20.2 Å². The second-order valence-electron chi connectivity index (χ2n) is 8.32. The molecule has 1 heterocycles. The summed E-state index contributed by atoms with van der Waals surface area (Å²) in [5.41, 5.74) is 3.96. The Morgan fingerprint density at radius 2 is 1.42 bits per heavy atom. The molecular weight excluding hydrogens is 420 g/mol. The number of aliphatic carboxylic acids is 1. The minimum atomic E-state index is -0.930. The highest BCUT2D eigenvalue weighted by Gasteiger charge is 2.20. The fourth-order valence-corrected chi connectivity index (χ4v) is 3.43. The monoisotopic (exact) mass is 449 g/mol. The lowest BCUT2D eigenvalue weighted by Gasteiger charge is -2.22. The number of benzene rings is 2. The van der Waals surface area contributed by atoms with Crippen LogP contribution in [-0.4, -0.2) is 55.1 Å². The van der Waals surface area contributed by atoms with Gasteiger partial charge in [0.25, 0.3) is 5.91 Å². The summed E-state index contributed by atoms with van der Waals surface area (Å²) in [7, 11) is 7.34. The number of nitrogens with zero attached hydrogens (tertiary/aromatic N) is 4. The third kappa shape index (κ3) is 6.06. The van der Waals surface area contributed by atoms with Crippen LogP contribution in [0.5, 0.6) is 0 Å². The van der Waals surface area contributed by atoms with Crippen molar-refractivity contribution in [2.24, 2.45) is 0 Å². The van der Waals surface area contributed by atoms with Crippen LogP contribution in [0.4, 0.5) is 17.3 Å². The summed E-state index contributed by atoms with van der Waals surface area (Å²) in [6.07, 6.45) is 0.317. The van der Waals surface area contributed by atoms with Gasteiger partial charge in [-0.1, -0.05) is 29.8 Å². The molecule has 1 amide bonds. The van der Waals surface area contributed by atoms with E-state index in [0.29, 0.717) is 40.7 Å². The average Bonchev–Trinajstić information content (AvgIpc) is 2.75. The maximum Gasteiger partial charge on any atom is 0.308 e. The first-order valence-corrected chi connectivity index (χ1v) is 10.6. The van der Waals surface area contributed by atoms with Crippen LogP contribution in [0.15, 0.2) is 48.5 Å². The molecule has 0 bridgehead atoms. The van der Waals surface area contributed by atoms with Crippen molar-refractivity contribution >= 4 is 29.2 Å². The topological polar surface area (TPSA) is 98.7 Å². The summed E-state index contributed by atoms with van der Waals surface area (Å²) in [4.78, 5) is 36.7. The van der Waals surface area contributed by atoms with Crippen LogP contribution in [0.25, 0.3) is 0 Å². The molecule has 0 spiro atoms. The van der Waals surface area contributed by atoms with E-state index in [4.69, 9.17) is 0 Å². The van der Waals surface area contributed by atoms with Gasteiger partial charge in [-0.3, -0.25) is 9.59 Å². The molecule has 0 aliphatic heterocycles. The first-order chi connectivity index (χ1) is 15.6. The number of aromatic nitrogens is 2. The lowest BCUT2D eigenvalue weighted by Crippen LogP contribution is -2.22. The van der Waals surface area contributed by atoms with Gasteiger partial charge in [-0.2, -0.15) is 0 Å². The van der Waals surface area contributed by atoms with Crippen molar-refractivity contribution in [1.82, 2.24) is 9.97 Å². The van der Waals surface area contributed by atoms with Crippen LogP contribution in [0.2, 0.25) is 0 Å². The van der Waals surface area contributed by atoms with Crippen molar-refractivity contribution in [2.45, 2.75) is 19.8 Å². The molecule has 0 radical (unpaired) electrons. The highest BCUT2D eigenvalue weighted by molar-refractivity contribution is 6.04. The van der Waals surface area contributed by atoms with Gasteiger partial charge in [-0.15, -0.1) is 0 Å². The van der Waals surface area contributed by atoms with Gasteiger partial charge in [0, 0.05) is 51.4 Å². The Kier molecular flexibility index (Phi) is 7.27. The third-order valence-corrected chi connectivity index (χ3v) is 5.07. The van der Waals surface area contributed by atoms with Crippen molar-refractivity contribution in [1.29, 1.82) is 0 Å². The summed E-state index contributed by atoms with van der Waals surface area (Å²) in [5, 5.41) is 12.2. The lowest BCUT2D eigenvalue weighted by molar-refractivity contribution is -0.136. The Hall–Kier alpha value is -3.94. The van der Waals surface area contributed by atoms with E-state index in [0.717, 1.165) is 11.1 Å². The molecule has 2 N–H and O–H groups in total. The second kappa shape index (κ2) is 10.1. The van der Waals surface area contributed by atoms with Crippen molar-refractivity contribution in [3.8, 4) is 0 Å². The van der Waals surface area contributed by atoms with Gasteiger partial charge in [-0.05, 0) is 36.8 Å². The predicted octanol–water partition coefficient (Wildman–Crippen LogP) is 3.39. The number of aryl methyl sites for hydroxylation is 1. The van der Waals surface area contributed by atoms with Crippen LogP contribution in [-0.2, 0) is 17.6 Å². The maximum atomic E-state index is 12.4. The molecule has 0 aliphatic rings. The molecule has 2 aromatic carbocycles. The van der Waals surface area contributed by atoms with Crippen LogP contribution in [0.1, 0.15) is 32.9 Å². The summed E-state index contributed by atoms with van der Waals surface area (Å²) in [5.74, 6) is 0.682. The van der Waals surface area contributed by atoms with Gasteiger partial charge in [0.15, 0.2) is 0 Å². The first kappa shape index (κ1) is 23.7. The zero-order valence-electron chi connectivity index (χ0n) is 19.6. The number of carbonyl (C=O) groups is 2. The molecule has 3 aromatic rings. The normalized spacial score (nSPS) is 10.6. The van der Waals surface area contributed by atoms with E-state index in [1.54, 1.807) is 21.9 Å². The fourth-order valence-electron chi connectivity index (χ4n) is 3.43. The molecule has 3 rings (SSSR count). The number of anilines is 3. The molecule has 8 heteroatoms. The van der Waals surface area contributed by atoms with Crippen LogP contribution < -0.4 is 15.1 Å². The molecule has 172 valence electrons. The molecule has 0 unspecified atom stereocenters. The Balaban J connectivity index is 1.80. The number of rotatable bonds is 8. The molecule has 0 saturated heterocycles. The number of nitrogens with one attached hydrogen (secondary N) is 1. The Morgan fingerprint density at radius 3 is 1.91 bits per heavy atom. The summed E-state index contributed by atoms with van der Waals surface area (Å²) < 4.78 is 0. The first-order valence-electron chi connectivity index (χ1n) is 10.6. The summed E-state index contributed by atoms with van der Waals surface area (Å²) in [6.45, 7) is 1.98. The Bertz CT molecular complexity index is 1110. The van der Waals surface area contributed by atoms with Crippen molar-refractivity contribution in [3.05, 3.63) is 76.6 Å². The molecular formula is C25H29N5O3. The molecule has 0 saturated carbocycles. The number of hydrogen-bond donors (Lipinski definition) is 2. The molecule has 0 atom stereocenters. The second-order valence-corrected chi connectivity index (χ2v) is 8.32. The molecule has 0 aliphatic carbocycles. The van der Waals surface area contributed by atoms with Crippen molar-refractivity contribution < 1.29 is 14.7 Å². The fraction of sp³-hybridized carbons (Fsp3) is 0.280. The van der Waals surface area contributed by atoms with Gasteiger partial charge in [0.2, 0.25) is 0 Å². The van der Waals surface area contributed by atoms with E-state index < -0.39 is 5.97 Å². The average molecular weight is 450 g/mol. The van der Waals surface area contributed by atoms with Gasteiger partial charge in [0.1, 0.15) is 17.5 Å². The lowest BCUT2D eigenvalue weighted by atomic mass is 10.1. The van der Waals surface area contributed by atoms with Gasteiger partial charge >= 0.3 is 5.97 Å². The van der Waals surface area contributed by atoms with Gasteiger partial charge in [-0.25, -0.2) is 9.97 Å². The molecule has 1 aromatic heterocycles. The van der Waals surface area contributed by atoms with E-state index >= 15 is 0 Å². The van der Waals surface area contributed by atoms with Crippen LogP contribution in [0, 0.1) is 6.92 Å². The number of carbonyl (C=O) groups excluding carboxylic acids is 1. The quantitative estimate of drug-likeness (QED) is 0.509. The minimum absolute atomic E-state index is 0.156. The third-order valence-electron chi connectivity index (χ3n) is 5.07. The number of hydrogen-bond acceptors (Lipinski definition) is 6.